The highest BCUT2D eigenvalue weighted by molar-refractivity contribution is 6.31. The molecule has 0 aliphatic heterocycles. The molecule has 1 N–H and O–H groups in total. The third-order valence-corrected chi connectivity index (χ3v) is 3.17. The lowest BCUT2D eigenvalue weighted by Crippen LogP contribution is -2.01. The number of rotatable bonds is 2. The number of nitrogens with one attached hydrogen (secondary N) is 1. The van der Waals surface area contributed by atoms with Gasteiger partial charge in [0.05, 0.1) is 0 Å². The Hall–Kier alpha value is -1.39. The zero-order valence-electron chi connectivity index (χ0n) is 9.76. The standard InChI is InChI=1S/C12H10Cl2FN3/c1-6-7(2)12(18-17-11(6)14)16-10-4-8(13)3-9(15)5-10/h3-5H,1-2H3,(H,16,18). The molecule has 94 valence electrons. The molecule has 6 heteroatoms. The molecule has 1 heterocycles. The lowest BCUT2D eigenvalue weighted by atomic mass is 10.2. The van der Waals surface area contributed by atoms with Gasteiger partial charge in [-0.3, -0.25) is 0 Å². The van der Waals surface area contributed by atoms with Crippen molar-refractivity contribution in [3.63, 3.8) is 0 Å². The van der Waals surface area contributed by atoms with Crippen LogP contribution in [0.25, 0.3) is 0 Å². The maximum Gasteiger partial charge on any atom is 0.156 e. The Bertz CT molecular complexity index is 582. The Morgan fingerprint density at radius 1 is 1.06 bits per heavy atom. The molecule has 0 aliphatic rings. The van der Waals surface area contributed by atoms with Gasteiger partial charge in [-0.2, -0.15) is 0 Å². The SMILES string of the molecule is Cc1c(Cl)nnc(Nc2cc(F)cc(Cl)c2)c1C. The lowest BCUT2D eigenvalue weighted by Gasteiger charge is -2.10. The van der Waals surface area contributed by atoms with Gasteiger partial charge in [0.25, 0.3) is 0 Å². The number of aromatic nitrogens is 2. The molecule has 0 spiro atoms. The lowest BCUT2D eigenvalue weighted by molar-refractivity contribution is 0.628. The Morgan fingerprint density at radius 3 is 2.44 bits per heavy atom. The smallest absolute Gasteiger partial charge is 0.156 e. The van der Waals surface area contributed by atoms with E-state index in [4.69, 9.17) is 23.2 Å². The molecule has 0 saturated heterocycles. The molecule has 0 unspecified atom stereocenters. The van der Waals surface area contributed by atoms with Crippen molar-refractivity contribution in [3.05, 3.63) is 45.3 Å². The number of hydrogen-bond donors (Lipinski definition) is 1. The van der Waals surface area contributed by atoms with E-state index in [2.05, 4.69) is 15.5 Å². The molecule has 1 aromatic heterocycles. The van der Waals surface area contributed by atoms with E-state index in [1.54, 1.807) is 6.07 Å². The minimum Gasteiger partial charge on any atom is -0.338 e. The summed E-state index contributed by atoms with van der Waals surface area (Å²) in [4.78, 5) is 0. The summed E-state index contributed by atoms with van der Waals surface area (Å²) in [6, 6.07) is 4.17. The van der Waals surface area contributed by atoms with Gasteiger partial charge in [0.1, 0.15) is 5.82 Å². The second-order valence-electron chi connectivity index (χ2n) is 3.87. The van der Waals surface area contributed by atoms with Gasteiger partial charge in [0, 0.05) is 10.7 Å². The summed E-state index contributed by atoms with van der Waals surface area (Å²) in [5.41, 5.74) is 2.20. The zero-order chi connectivity index (χ0) is 13.3. The number of hydrogen-bond acceptors (Lipinski definition) is 3. The molecule has 18 heavy (non-hydrogen) atoms. The van der Waals surface area contributed by atoms with Gasteiger partial charge in [-0.15, -0.1) is 10.2 Å². The van der Waals surface area contributed by atoms with Crippen molar-refractivity contribution in [2.75, 3.05) is 5.32 Å². The first kappa shape index (κ1) is 13.1. The van der Waals surface area contributed by atoms with Crippen molar-refractivity contribution >= 4 is 34.7 Å². The highest BCUT2D eigenvalue weighted by Gasteiger charge is 2.09. The van der Waals surface area contributed by atoms with Gasteiger partial charge in [0.2, 0.25) is 0 Å². The van der Waals surface area contributed by atoms with E-state index in [1.165, 1.54) is 12.1 Å². The first-order valence-corrected chi connectivity index (χ1v) is 5.95. The molecule has 0 bridgehead atoms. The van der Waals surface area contributed by atoms with Crippen LogP contribution in [-0.2, 0) is 0 Å². The van der Waals surface area contributed by atoms with Crippen molar-refractivity contribution < 1.29 is 4.39 Å². The van der Waals surface area contributed by atoms with Crippen LogP contribution in [0, 0.1) is 19.7 Å². The van der Waals surface area contributed by atoms with Crippen LogP contribution in [0.3, 0.4) is 0 Å². The molecule has 1 aromatic carbocycles. The first-order valence-electron chi connectivity index (χ1n) is 5.20. The van der Waals surface area contributed by atoms with Crippen LogP contribution in [0.1, 0.15) is 11.1 Å². The first-order chi connectivity index (χ1) is 8.47. The average Bonchev–Trinajstić information content (AvgIpc) is 2.29. The van der Waals surface area contributed by atoms with Crippen molar-refractivity contribution in [2.24, 2.45) is 0 Å². The van der Waals surface area contributed by atoms with Gasteiger partial charge in [-0.05, 0) is 43.2 Å². The molecule has 3 nitrogen and oxygen atoms in total. The predicted molar refractivity (Wildman–Crippen MR) is 71.2 cm³/mol. The van der Waals surface area contributed by atoms with Gasteiger partial charge < -0.3 is 5.32 Å². The molecule has 0 saturated carbocycles. The third kappa shape index (κ3) is 2.71. The Labute approximate surface area is 114 Å². The monoisotopic (exact) mass is 285 g/mol. The van der Waals surface area contributed by atoms with Gasteiger partial charge in [-0.1, -0.05) is 23.2 Å². The molecular formula is C12H10Cl2FN3. The fourth-order valence-corrected chi connectivity index (χ4v) is 1.86. The molecule has 2 rings (SSSR count). The quantitative estimate of drug-likeness (QED) is 0.895. The molecule has 0 fully saturated rings. The Kier molecular flexibility index (Phi) is 3.68. The van der Waals surface area contributed by atoms with E-state index in [9.17, 15) is 4.39 Å². The summed E-state index contributed by atoms with van der Waals surface area (Å²) in [7, 11) is 0. The minimum absolute atomic E-state index is 0.314. The fraction of sp³-hybridized carbons (Fsp3) is 0.167. The van der Waals surface area contributed by atoms with E-state index in [0.29, 0.717) is 21.7 Å². The molecule has 0 amide bonds. The van der Waals surface area contributed by atoms with Crippen LogP contribution >= 0.6 is 23.2 Å². The number of benzene rings is 1. The predicted octanol–water partition coefficient (Wildman–Crippen LogP) is 4.28. The summed E-state index contributed by atoms with van der Waals surface area (Å²) in [6.07, 6.45) is 0. The zero-order valence-corrected chi connectivity index (χ0v) is 11.3. The van der Waals surface area contributed by atoms with Crippen LogP contribution in [-0.4, -0.2) is 10.2 Å². The van der Waals surface area contributed by atoms with E-state index in [-0.39, 0.29) is 0 Å². The van der Waals surface area contributed by atoms with Crippen molar-refractivity contribution in [1.82, 2.24) is 10.2 Å². The van der Waals surface area contributed by atoms with Crippen LogP contribution in [0.4, 0.5) is 15.9 Å². The highest BCUT2D eigenvalue weighted by Crippen LogP contribution is 2.25. The molecular weight excluding hydrogens is 276 g/mol. The summed E-state index contributed by atoms with van der Waals surface area (Å²) in [5, 5.41) is 11.4. The molecule has 2 aromatic rings. The van der Waals surface area contributed by atoms with Crippen LogP contribution < -0.4 is 5.32 Å². The molecule has 0 radical (unpaired) electrons. The van der Waals surface area contributed by atoms with E-state index >= 15 is 0 Å². The number of nitrogens with zero attached hydrogens (tertiary/aromatic N) is 2. The van der Waals surface area contributed by atoms with E-state index < -0.39 is 5.82 Å². The minimum atomic E-state index is -0.415. The topological polar surface area (TPSA) is 37.8 Å². The largest absolute Gasteiger partial charge is 0.338 e. The summed E-state index contributed by atoms with van der Waals surface area (Å²) in [5.74, 6) is 0.111. The van der Waals surface area contributed by atoms with Crippen molar-refractivity contribution in [3.8, 4) is 0 Å². The maximum absolute atomic E-state index is 13.2. The van der Waals surface area contributed by atoms with E-state index in [0.717, 1.165) is 11.1 Å². The van der Waals surface area contributed by atoms with Crippen LogP contribution in [0.2, 0.25) is 10.2 Å². The Balaban J connectivity index is 2.37. The number of halogens is 3. The second-order valence-corrected chi connectivity index (χ2v) is 4.67. The van der Waals surface area contributed by atoms with Gasteiger partial charge in [-0.25, -0.2) is 4.39 Å². The molecule has 0 aliphatic carbocycles. The summed E-state index contributed by atoms with van der Waals surface area (Å²) >= 11 is 11.6. The van der Waals surface area contributed by atoms with Crippen LogP contribution in [0.15, 0.2) is 18.2 Å². The molecule has 0 atom stereocenters. The van der Waals surface area contributed by atoms with Crippen molar-refractivity contribution in [2.45, 2.75) is 13.8 Å². The second kappa shape index (κ2) is 5.08. The third-order valence-electron chi connectivity index (χ3n) is 2.59. The maximum atomic E-state index is 13.2. The average molecular weight is 286 g/mol. The number of anilines is 2. The Morgan fingerprint density at radius 2 is 1.78 bits per heavy atom. The van der Waals surface area contributed by atoms with Crippen LogP contribution in [0.5, 0.6) is 0 Å². The summed E-state index contributed by atoms with van der Waals surface area (Å²) < 4.78 is 13.2. The summed E-state index contributed by atoms with van der Waals surface area (Å²) in [6.45, 7) is 3.70. The van der Waals surface area contributed by atoms with Crippen molar-refractivity contribution in [1.29, 1.82) is 0 Å². The highest BCUT2D eigenvalue weighted by atomic mass is 35.5. The van der Waals surface area contributed by atoms with Gasteiger partial charge in [0.15, 0.2) is 11.0 Å². The fourth-order valence-electron chi connectivity index (χ4n) is 1.46. The normalized spacial score (nSPS) is 10.5. The van der Waals surface area contributed by atoms with Gasteiger partial charge >= 0.3 is 0 Å². The van der Waals surface area contributed by atoms with E-state index in [1.807, 2.05) is 13.8 Å².